The zero-order valence-electron chi connectivity index (χ0n) is 10.3. The molecule has 3 heteroatoms. The van der Waals surface area contributed by atoms with Crippen molar-refractivity contribution in [3.8, 4) is 0 Å². The van der Waals surface area contributed by atoms with Crippen LogP contribution in [0.15, 0.2) is 0 Å². The fraction of sp³-hybridized carbons (Fsp3) is 0.923. The first kappa shape index (κ1) is 13.5. The molecule has 16 heavy (non-hydrogen) atoms. The van der Waals surface area contributed by atoms with Gasteiger partial charge in [0.05, 0.1) is 12.5 Å². The van der Waals surface area contributed by atoms with Crippen LogP contribution in [-0.4, -0.2) is 24.3 Å². The van der Waals surface area contributed by atoms with Crippen molar-refractivity contribution in [2.24, 2.45) is 11.8 Å². The van der Waals surface area contributed by atoms with Crippen LogP contribution in [-0.2, 0) is 9.53 Å². The topological polar surface area (TPSA) is 46.5 Å². The van der Waals surface area contributed by atoms with Crippen LogP contribution in [0.4, 0.5) is 0 Å². The Kier molecular flexibility index (Phi) is 6.46. The van der Waals surface area contributed by atoms with Gasteiger partial charge >= 0.3 is 5.97 Å². The van der Waals surface area contributed by atoms with E-state index in [1.165, 1.54) is 25.7 Å². The smallest absolute Gasteiger partial charge is 0.309 e. The minimum atomic E-state index is -0.104. The molecular weight excluding hydrogens is 204 g/mol. The third kappa shape index (κ3) is 4.97. The van der Waals surface area contributed by atoms with Crippen LogP contribution in [0.5, 0.6) is 0 Å². The maximum Gasteiger partial charge on any atom is 0.309 e. The fourth-order valence-corrected chi connectivity index (χ4v) is 1.90. The number of aliphatic hydroxyl groups excluding tert-OH is 1. The molecule has 0 amide bonds. The Morgan fingerprint density at radius 1 is 1.25 bits per heavy atom. The number of carbonyl (C=O) groups excluding carboxylic acids is 1. The van der Waals surface area contributed by atoms with E-state index >= 15 is 0 Å². The van der Waals surface area contributed by atoms with Crippen molar-refractivity contribution in [3.63, 3.8) is 0 Å². The van der Waals surface area contributed by atoms with Crippen molar-refractivity contribution in [2.45, 2.75) is 51.9 Å². The highest BCUT2D eigenvalue weighted by molar-refractivity contribution is 5.75. The summed E-state index contributed by atoms with van der Waals surface area (Å²) in [4.78, 5) is 11.4. The molecule has 0 saturated heterocycles. The van der Waals surface area contributed by atoms with Crippen molar-refractivity contribution in [2.75, 3.05) is 13.2 Å². The van der Waals surface area contributed by atoms with Crippen LogP contribution in [0.3, 0.4) is 0 Å². The lowest BCUT2D eigenvalue weighted by Gasteiger charge is -2.04. The van der Waals surface area contributed by atoms with Gasteiger partial charge in [-0.05, 0) is 18.8 Å². The first-order valence-electron chi connectivity index (χ1n) is 6.57. The molecule has 0 aromatic heterocycles. The van der Waals surface area contributed by atoms with Gasteiger partial charge in [-0.3, -0.25) is 4.79 Å². The predicted molar refractivity (Wildman–Crippen MR) is 63.0 cm³/mol. The molecule has 2 unspecified atom stereocenters. The SMILES string of the molecule is CCCCCCCCOC(=O)C1CC1CO. The maximum atomic E-state index is 11.4. The number of rotatable bonds is 9. The molecule has 1 saturated carbocycles. The lowest BCUT2D eigenvalue weighted by molar-refractivity contribution is -0.145. The van der Waals surface area contributed by atoms with Gasteiger partial charge in [-0.2, -0.15) is 0 Å². The lowest BCUT2D eigenvalue weighted by atomic mass is 10.1. The third-order valence-corrected chi connectivity index (χ3v) is 3.20. The second-order valence-corrected chi connectivity index (χ2v) is 4.72. The Hall–Kier alpha value is -0.570. The van der Waals surface area contributed by atoms with Crippen molar-refractivity contribution < 1.29 is 14.6 Å². The number of unbranched alkanes of at least 4 members (excludes halogenated alkanes) is 5. The molecule has 0 aliphatic heterocycles. The van der Waals surface area contributed by atoms with Crippen molar-refractivity contribution in [1.82, 2.24) is 0 Å². The summed E-state index contributed by atoms with van der Waals surface area (Å²) in [6.45, 7) is 2.88. The Bertz CT molecular complexity index is 203. The molecule has 3 nitrogen and oxygen atoms in total. The molecule has 1 rings (SSSR count). The van der Waals surface area contributed by atoms with Crippen LogP contribution in [0.1, 0.15) is 51.9 Å². The summed E-state index contributed by atoms with van der Waals surface area (Å²) in [6.07, 6.45) is 8.05. The molecule has 0 aromatic carbocycles. The highest BCUT2D eigenvalue weighted by atomic mass is 16.5. The van der Waals surface area contributed by atoms with Gasteiger partial charge in [0, 0.05) is 6.61 Å². The lowest BCUT2D eigenvalue weighted by Crippen LogP contribution is -2.10. The summed E-state index contributed by atoms with van der Waals surface area (Å²) in [7, 11) is 0. The molecule has 0 bridgehead atoms. The molecule has 1 aliphatic carbocycles. The van der Waals surface area contributed by atoms with Gasteiger partial charge in [0.1, 0.15) is 0 Å². The summed E-state index contributed by atoms with van der Waals surface area (Å²) in [5, 5.41) is 8.81. The van der Waals surface area contributed by atoms with Gasteiger partial charge in [0.25, 0.3) is 0 Å². The van der Waals surface area contributed by atoms with Crippen molar-refractivity contribution in [3.05, 3.63) is 0 Å². The Labute approximate surface area is 98.2 Å². The number of carbonyl (C=O) groups is 1. The molecule has 1 aliphatic rings. The molecule has 0 spiro atoms. The molecule has 0 radical (unpaired) electrons. The fourth-order valence-electron chi connectivity index (χ4n) is 1.90. The average Bonchev–Trinajstić information content (AvgIpc) is 3.07. The van der Waals surface area contributed by atoms with E-state index in [1.54, 1.807) is 0 Å². The minimum Gasteiger partial charge on any atom is -0.465 e. The number of esters is 1. The van der Waals surface area contributed by atoms with Gasteiger partial charge in [-0.25, -0.2) is 0 Å². The van der Waals surface area contributed by atoms with E-state index in [0.29, 0.717) is 6.61 Å². The van der Waals surface area contributed by atoms with Crippen LogP contribution in [0.2, 0.25) is 0 Å². The number of hydrogen-bond acceptors (Lipinski definition) is 3. The molecule has 94 valence electrons. The average molecular weight is 228 g/mol. The molecule has 0 heterocycles. The zero-order valence-corrected chi connectivity index (χ0v) is 10.3. The monoisotopic (exact) mass is 228 g/mol. The van der Waals surface area contributed by atoms with Crippen molar-refractivity contribution >= 4 is 5.97 Å². The van der Waals surface area contributed by atoms with Crippen LogP contribution in [0.25, 0.3) is 0 Å². The summed E-state index contributed by atoms with van der Waals surface area (Å²) < 4.78 is 5.15. The summed E-state index contributed by atoms with van der Waals surface area (Å²) in [6, 6.07) is 0. The number of hydrogen-bond donors (Lipinski definition) is 1. The second kappa shape index (κ2) is 7.66. The van der Waals surface area contributed by atoms with Crippen LogP contribution >= 0.6 is 0 Å². The Morgan fingerprint density at radius 3 is 2.56 bits per heavy atom. The van der Waals surface area contributed by atoms with E-state index in [0.717, 1.165) is 19.3 Å². The first-order chi connectivity index (χ1) is 7.79. The van der Waals surface area contributed by atoms with Gasteiger partial charge in [-0.1, -0.05) is 39.0 Å². The quantitative estimate of drug-likeness (QED) is 0.487. The van der Waals surface area contributed by atoms with Gasteiger partial charge in [0.15, 0.2) is 0 Å². The first-order valence-corrected chi connectivity index (χ1v) is 6.57. The second-order valence-electron chi connectivity index (χ2n) is 4.72. The van der Waals surface area contributed by atoms with E-state index in [-0.39, 0.29) is 24.4 Å². The molecule has 1 N–H and O–H groups in total. The number of ether oxygens (including phenoxy) is 1. The minimum absolute atomic E-state index is 0.00917. The van der Waals surface area contributed by atoms with Crippen LogP contribution in [0, 0.1) is 11.8 Å². The van der Waals surface area contributed by atoms with Gasteiger partial charge in [0.2, 0.25) is 0 Å². The predicted octanol–water partition coefficient (Wildman–Crippen LogP) is 2.52. The molecule has 0 aromatic rings. The zero-order chi connectivity index (χ0) is 11.8. The number of aliphatic hydroxyl groups is 1. The van der Waals surface area contributed by atoms with Gasteiger partial charge in [-0.15, -0.1) is 0 Å². The molecule has 2 atom stereocenters. The Morgan fingerprint density at radius 2 is 1.94 bits per heavy atom. The van der Waals surface area contributed by atoms with Crippen LogP contribution < -0.4 is 0 Å². The standard InChI is InChI=1S/C13H24O3/c1-2-3-4-5-6-7-8-16-13(15)12-9-11(12)10-14/h11-12,14H,2-10H2,1H3. The van der Waals surface area contributed by atoms with Gasteiger partial charge < -0.3 is 9.84 Å². The largest absolute Gasteiger partial charge is 0.465 e. The normalized spacial score (nSPS) is 23.1. The third-order valence-electron chi connectivity index (χ3n) is 3.20. The summed E-state index contributed by atoms with van der Waals surface area (Å²) in [5.74, 6) is 0.0646. The van der Waals surface area contributed by atoms with E-state index in [1.807, 2.05) is 0 Å². The molecular formula is C13H24O3. The highest BCUT2D eigenvalue weighted by Gasteiger charge is 2.43. The van der Waals surface area contributed by atoms with E-state index < -0.39 is 0 Å². The highest BCUT2D eigenvalue weighted by Crippen LogP contribution is 2.38. The summed E-state index contributed by atoms with van der Waals surface area (Å²) >= 11 is 0. The van der Waals surface area contributed by atoms with E-state index in [4.69, 9.17) is 9.84 Å². The van der Waals surface area contributed by atoms with E-state index in [9.17, 15) is 4.79 Å². The molecule has 1 fully saturated rings. The summed E-state index contributed by atoms with van der Waals surface area (Å²) in [5.41, 5.74) is 0. The van der Waals surface area contributed by atoms with E-state index in [2.05, 4.69) is 6.92 Å². The Balaban J connectivity index is 1.86. The van der Waals surface area contributed by atoms with Crippen molar-refractivity contribution in [1.29, 1.82) is 0 Å². The maximum absolute atomic E-state index is 11.4.